The van der Waals surface area contributed by atoms with Crippen LogP contribution in [0.4, 0.5) is 0 Å². The van der Waals surface area contributed by atoms with Gasteiger partial charge in [0.15, 0.2) is 12.7 Å². The van der Waals surface area contributed by atoms with Crippen LogP contribution in [0.15, 0.2) is 53.1 Å². The molecule has 0 aliphatic carbocycles. The van der Waals surface area contributed by atoms with Gasteiger partial charge in [0, 0.05) is 22.7 Å². The molecule has 2 nitrogen and oxygen atoms in total. The Balaban J connectivity index is 2.26. The molecule has 0 bridgehead atoms. The van der Waals surface area contributed by atoms with Crippen LogP contribution in [0.2, 0.25) is 0 Å². The van der Waals surface area contributed by atoms with Gasteiger partial charge in [0.2, 0.25) is 5.69 Å². The molecule has 0 atom stereocenters. The van der Waals surface area contributed by atoms with Crippen LogP contribution in [0.25, 0.3) is 12.2 Å². The van der Waals surface area contributed by atoms with Crippen LogP contribution in [0.3, 0.4) is 0 Å². The van der Waals surface area contributed by atoms with E-state index in [9.17, 15) is 0 Å². The first-order valence-electron chi connectivity index (χ1n) is 5.92. The number of aromatic nitrogens is 1. The standard InChI is InChI=1S/C15H16BrN2/c16-15-7-2-1-5-13(15)8-9-14-6-3-4-11-18(14)12-10-17/h1-9,11H,10,12,17H2/q+1/b9-8+. The number of benzene rings is 1. The Labute approximate surface area is 116 Å². The Hall–Kier alpha value is -1.45. The third kappa shape index (κ3) is 3.28. The Morgan fingerprint density at radius 2 is 1.83 bits per heavy atom. The maximum absolute atomic E-state index is 5.61. The van der Waals surface area contributed by atoms with Crippen LogP contribution in [-0.2, 0) is 6.54 Å². The third-order valence-electron chi connectivity index (χ3n) is 2.68. The predicted octanol–water partition coefficient (Wildman–Crippen LogP) is 2.87. The minimum absolute atomic E-state index is 0.643. The number of nitrogens with two attached hydrogens (primary N) is 1. The first-order chi connectivity index (χ1) is 8.81. The van der Waals surface area contributed by atoms with Crippen molar-refractivity contribution < 1.29 is 4.57 Å². The van der Waals surface area contributed by atoms with Crippen molar-refractivity contribution in [3.63, 3.8) is 0 Å². The van der Waals surface area contributed by atoms with E-state index < -0.39 is 0 Å². The monoisotopic (exact) mass is 303 g/mol. The highest BCUT2D eigenvalue weighted by Gasteiger charge is 2.04. The summed E-state index contributed by atoms with van der Waals surface area (Å²) >= 11 is 3.54. The molecule has 2 N–H and O–H groups in total. The van der Waals surface area contributed by atoms with Gasteiger partial charge in [-0.25, -0.2) is 0 Å². The lowest BCUT2D eigenvalue weighted by Crippen LogP contribution is -2.39. The highest BCUT2D eigenvalue weighted by molar-refractivity contribution is 9.10. The average Bonchev–Trinajstić information content (AvgIpc) is 2.40. The number of nitrogens with zero attached hydrogens (tertiary/aromatic N) is 1. The molecule has 0 fully saturated rings. The van der Waals surface area contributed by atoms with Gasteiger partial charge < -0.3 is 5.73 Å². The summed E-state index contributed by atoms with van der Waals surface area (Å²) in [6.07, 6.45) is 6.26. The molecule has 18 heavy (non-hydrogen) atoms. The predicted molar refractivity (Wildman–Crippen MR) is 78.8 cm³/mol. The van der Waals surface area contributed by atoms with Crippen molar-refractivity contribution in [2.45, 2.75) is 6.54 Å². The van der Waals surface area contributed by atoms with E-state index in [1.165, 1.54) is 5.56 Å². The van der Waals surface area contributed by atoms with Crippen LogP contribution in [0, 0.1) is 0 Å². The molecule has 3 heteroatoms. The molecular weight excluding hydrogens is 288 g/mol. The first kappa shape index (κ1) is 13.0. The highest BCUT2D eigenvalue weighted by atomic mass is 79.9. The second kappa shape index (κ2) is 6.47. The summed E-state index contributed by atoms with van der Waals surface area (Å²) in [4.78, 5) is 0. The van der Waals surface area contributed by atoms with E-state index in [0.29, 0.717) is 6.54 Å². The molecule has 0 saturated carbocycles. The molecule has 2 rings (SSSR count). The number of hydrogen-bond donors (Lipinski definition) is 1. The summed E-state index contributed by atoms with van der Waals surface area (Å²) in [6, 6.07) is 14.3. The molecule has 0 spiro atoms. The van der Waals surface area contributed by atoms with Crippen molar-refractivity contribution in [3.8, 4) is 0 Å². The third-order valence-corrected chi connectivity index (χ3v) is 3.41. The molecular formula is C15H16BrN2+. The zero-order valence-corrected chi connectivity index (χ0v) is 11.7. The largest absolute Gasteiger partial charge is 0.325 e. The van der Waals surface area contributed by atoms with E-state index in [2.05, 4.69) is 44.8 Å². The van der Waals surface area contributed by atoms with E-state index in [0.717, 1.165) is 16.7 Å². The summed E-state index contributed by atoms with van der Waals surface area (Å²) in [6.45, 7) is 1.47. The maximum atomic E-state index is 5.61. The Morgan fingerprint density at radius 3 is 2.61 bits per heavy atom. The smallest absolute Gasteiger partial charge is 0.205 e. The van der Waals surface area contributed by atoms with Gasteiger partial charge in [0.25, 0.3) is 0 Å². The molecule has 0 saturated heterocycles. The van der Waals surface area contributed by atoms with Crippen LogP contribution in [0.5, 0.6) is 0 Å². The van der Waals surface area contributed by atoms with Gasteiger partial charge in [-0.1, -0.05) is 34.1 Å². The molecule has 0 unspecified atom stereocenters. The lowest BCUT2D eigenvalue weighted by Gasteiger charge is -1.99. The molecule has 0 aliphatic rings. The van der Waals surface area contributed by atoms with E-state index in [1.807, 2.05) is 36.5 Å². The van der Waals surface area contributed by atoms with Crippen LogP contribution in [-0.4, -0.2) is 6.54 Å². The van der Waals surface area contributed by atoms with Gasteiger partial charge in [-0.2, -0.15) is 4.57 Å². The van der Waals surface area contributed by atoms with Gasteiger partial charge in [-0.05, 0) is 23.8 Å². The number of hydrogen-bond acceptors (Lipinski definition) is 1. The topological polar surface area (TPSA) is 29.9 Å². The van der Waals surface area contributed by atoms with Gasteiger partial charge in [0.05, 0.1) is 6.54 Å². The van der Waals surface area contributed by atoms with Gasteiger partial charge in [0.1, 0.15) is 0 Å². The van der Waals surface area contributed by atoms with Crippen molar-refractivity contribution in [2.75, 3.05) is 6.54 Å². The number of rotatable bonds is 4. The molecule has 0 aliphatic heterocycles. The first-order valence-corrected chi connectivity index (χ1v) is 6.71. The quantitative estimate of drug-likeness (QED) is 0.865. The van der Waals surface area contributed by atoms with Crippen molar-refractivity contribution in [1.29, 1.82) is 0 Å². The van der Waals surface area contributed by atoms with E-state index in [1.54, 1.807) is 0 Å². The minimum atomic E-state index is 0.643. The molecule has 1 heterocycles. The van der Waals surface area contributed by atoms with E-state index in [4.69, 9.17) is 5.73 Å². The number of halogens is 1. The molecule has 1 aromatic carbocycles. The van der Waals surface area contributed by atoms with E-state index >= 15 is 0 Å². The second-order valence-electron chi connectivity index (χ2n) is 3.96. The van der Waals surface area contributed by atoms with Crippen molar-refractivity contribution in [2.24, 2.45) is 5.73 Å². The minimum Gasteiger partial charge on any atom is -0.325 e. The fourth-order valence-electron chi connectivity index (χ4n) is 1.77. The summed E-state index contributed by atoms with van der Waals surface area (Å²) in [7, 11) is 0. The lowest BCUT2D eigenvalue weighted by atomic mass is 10.2. The molecule has 0 radical (unpaired) electrons. The van der Waals surface area contributed by atoms with Crippen molar-refractivity contribution in [1.82, 2.24) is 0 Å². The van der Waals surface area contributed by atoms with Crippen LogP contribution < -0.4 is 10.3 Å². The molecule has 1 aromatic heterocycles. The fraction of sp³-hybridized carbons (Fsp3) is 0.133. The zero-order valence-electron chi connectivity index (χ0n) is 10.1. The van der Waals surface area contributed by atoms with Crippen LogP contribution in [0.1, 0.15) is 11.3 Å². The van der Waals surface area contributed by atoms with Crippen molar-refractivity contribution in [3.05, 3.63) is 64.4 Å². The zero-order chi connectivity index (χ0) is 12.8. The molecule has 2 aromatic rings. The Morgan fingerprint density at radius 1 is 1.06 bits per heavy atom. The van der Waals surface area contributed by atoms with Gasteiger partial charge >= 0.3 is 0 Å². The average molecular weight is 304 g/mol. The summed E-state index contributed by atoms with van der Waals surface area (Å²) < 4.78 is 3.25. The second-order valence-corrected chi connectivity index (χ2v) is 4.82. The summed E-state index contributed by atoms with van der Waals surface area (Å²) in [5, 5.41) is 0. The Kier molecular flexibility index (Phi) is 4.67. The fourth-order valence-corrected chi connectivity index (χ4v) is 2.19. The highest BCUT2D eigenvalue weighted by Crippen LogP contribution is 2.17. The lowest BCUT2D eigenvalue weighted by molar-refractivity contribution is -0.696. The SMILES string of the molecule is NCC[n+]1ccccc1/C=C/c1ccccc1Br. The van der Waals surface area contributed by atoms with Crippen LogP contribution >= 0.6 is 15.9 Å². The summed E-state index contributed by atoms with van der Waals surface area (Å²) in [5.74, 6) is 0. The van der Waals surface area contributed by atoms with Gasteiger partial charge in [-0.3, -0.25) is 0 Å². The van der Waals surface area contributed by atoms with Crippen molar-refractivity contribution >= 4 is 28.1 Å². The molecule has 0 amide bonds. The Bertz CT molecular complexity index is 550. The maximum Gasteiger partial charge on any atom is 0.205 e. The molecule has 92 valence electrons. The summed E-state index contributed by atoms with van der Waals surface area (Å²) in [5.41, 5.74) is 7.93. The van der Waals surface area contributed by atoms with E-state index in [-0.39, 0.29) is 0 Å². The van der Waals surface area contributed by atoms with Gasteiger partial charge in [-0.15, -0.1) is 0 Å². The number of pyridine rings is 1. The normalized spacial score (nSPS) is 11.0.